The first-order valence-electron chi connectivity index (χ1n) is 11.0. The van der Waals surface area contributed by atoms with Gasteiger partial charge in [0.25, 0.3) is 11.5 Å². The second kappa shape index (κ2) is 8.90. The number of likely N-dealkylation sites (tertiary alicyclic amines) is 1. The van der Waals surface area contributed by atoms with Gasteiger partial charge < -0.3 is 10.0 Å². The van der Waals surface area contributed by atoms with Gasteiger partial charge >= 0.3 is 0 Å². The molecule has 35 heavy (non-hydrogen) atoms. The highest BCUT2D eigenvalue weighted by molar-refractivity contribution is 6.31. The number of nitrogens with zero attached hydrogens (tertiary/aromatic N) is 4. The monoisotopic (exact) mass is 498 g/mol. The highest BCUT2D eigenvalue weighted by Gasteiger charge is 2.35. The number of aromatic nitrogens is 3. The first kappa shape index (κ1) is 23.2. The molecule has 4 aromatic rings. The molecule has 0 unspecified atom stereocenters. The Hall–Kier alpha value is -3.56. The van der Waals surface area contributed by atoms with Gasteiger partial charge in [-0.1, -0.05) is 29.8 Å². The van der Waals surface area contributed by atoms with Crippen LogP contribution in [0.2, 0.25) is 5.15 Å². The second-order valence-corrected chi connectivity index (χ2v) is 9.08. The molecule has 0 atom stereocenters. The average molecular weight is 499 g/mol. The van der Waals surface area contributed by atoms with E-state index in [-0.39, 0.29) is 43.6 Å². The minimum atomic E-state index is -1.26. The van der Waals surface area contributed by atoms with Crippen LogP contribution in [0.25, 0.3) is 16.7 Å². The van der Waals surface area contributed by atoms with E-state index in [1.165, 1.54) is 15.8 Å². The van der Waals surface area contributed by atoms with Crippen LogP contribution in [0.15, 0.2) is 65.7 Å². The summed E-state index contributed by atoms with van der Waals surface area (Å²) >= 11 is 6.40. The van der Waals surface area contributed by atoms with Gasteiger partial charge in [-0.2, -0.15) is 0 Å². The molecule has 10 heteroatoms. The van der Waals surface area contributed by atoms with Crippen molar-refractivity contribution >= 4 is 28.5 Å². The van der Waals surface area contributed by atoms with Gasteiger partial charge in [0.05, 0.1) is 23.1 Å². The van der Waals surface area contributed by atoms with Gasteiger partial charge in [0.2, 0.25) is 0 Å². The van der Waals surface area contributed by atoms with Crippen molar-refractivity contribution in [3.63, 3.8) is 0 Å². The summed E-state index contributed by atoms with van der Waals surface area (Å²) in [6.45, 7) is 0.301. The van der Waals surface area contributed by atoms with Crippen molar-refractivity contribution in [2.24, 2.45) is 0 Å². The van der Waals surface area contributed by atoms with Crippen molar-refractivity contribution in [1.82, 2.24) is 19.0 Å². The number of para-hydroxylation sites is 1. The Balaban J connectivity index is 1.35. The predicted molar refractivity (Wildman–Crippen MR) is 127 cm³/mol. The number of piperidine rings is 1. The fourth-order valence-electron chi connectivity index (χ4n) is 4.46. The van der Waals surface area contributed by atoms with E-state index in [9.17, 15) is 23.5 Å². The number of benzene rings is 2. The molecule has 1 amide bonds. The molecule has 1 aliphatic heterocycles. The Bertz CT molecular complexity index is 1480. The van der Waals surface area contributed by atoms with Crippen LogP contribution in [0, 0.1) is 11.6 Å². The lowest BCUT2D eigenvalue weighted by Crippen LogP contribution is -2.49. The standard InChI is InChI=1S/C25H21ClF2N4O3/c26-21-13-19-22(32(21)17-4-2-1-3-5-17)29-15-31(24(19)34)14-25(35)8-10-30(11-9-25)23(33)18-7-6-16(27)12-20(18)28/h1-7,12-13,15,35H,8-11,14H2. The lowest BCUT2D eigenvalue weighted by molar-refractivity contribution is -0.0300. The maximum atomic E-state index is 14.0. The molecule has 2 aromatic carbocycles. The molecule has 1 fully saturated rings. The van der Waals surface area contributed by atoms with Crippen molar-refractivity contribution in [3.8, 4) is 5.69 Å². The van der Waals surface area contributed by atoms with Crippen LogP contribution >= 0.6 is 11.6 Å². The number of carbonyl (C=O) groups excluding carboxylic acids is 1. The molecule has 180 valence electrons. The summed E-state index contributed by atoms with van der Waals surface area (Å²) in [5.41, 5.74) is -0.640. The van der Waals surface area contributed by atoms with Crippen molar-refractivity contribution in [2.45, 2.75) is 25.0 Å². The quantitative estimate of drug-likeness (QED) is 0.464. The predicted octanol–water partition coefficient (Wildman–Crippen LogP) is 3.79. The molecule has 0 radical (unpaired) electrons. The third-order valence-corrected chi connectivity index (χ3v) is 6.64. The zero-order valence-electron chi connectivity index (χ0n) is 18.5. The van der Waals surface area contributed by atoms with E-state index >= 15 is 0 Å². The van der Waals surface area contributed by atoms with Gasteiger partial charge in [-0.3, -0.25) is 18.7 Å². The number of hydrogen-bond acceptors (Lipinski definition) is 4. The van der Waals surface area contributed by atoms with E-state index in [2.05, 4.69) is 4.98 Å². The third-order valence-electron chi connectivity index (χ3n) is 6.36. The Morgan fingerprint density at radius 3 is 2.49 bits per heavy atom. The maximum absolute atomic E-state index is 14.0. The molecule has 0 aliphatic carbocycles. The zero-order chi connectivity index (χ0) is 24.7. The summed E-state index contributed by atoms with van der Waals surface area (Å²) in [6.07, 6.45) is 1.74. The van der Waals surface area contributed by atoms with Crippen LogP contribution in [-0.2, 0) is 6.54 Å². The topological polar surface area (TPSA) is 80.4 Å². The van der Waals surface area contributed by atoms with Crippen LogP contribution in [-0.4, -0.2) is 48.7 Å². The largest absolute Gasteiger partial charge is 0.388 e. The molecule has 0 spiro atoms. The lowest BCUT2D eigenvalue weighted by atomic mass is 9.91. The molecule has 5 rings (SSSR count). The van der Waals surface area contributed by atoms with Crippen LogP contribution < -0.4 is 5.56 Å². The van der Waals surface area contributed by atoms with Gasteiger partial charge in [-0.25, -0.2) is 13.8 Å². The van der Waals surface area contributed by atoms with E-state index in [0.717, 1.165) is 17.8 Å². The molecular formula is C25H21ClF2N4O3. The SMILES string of the molecule is O=C(c1ccc(F)cc1F)N1CCC(O)(Cn2cnc3c(cc(Cl)n3-c3ccccc3)c2=O)CC1. The highest BCUT2D eigenvalue weighted by atomic mass is 35.5. The first-order valence-corrected chi connectivity index (χ1v) is 11.4. The minimum Gasteiger partial charge on any atom is -0.388 e. The molecule has 3 heterocycles. The maximum Gasteiger partial charge on any atom is 0.262 e. The van der Waals surface area contributed by atoms with Crippen molar-refractivity contribution in [1.29, 1.82) is 0 Å². The molecule has 1 saturated heterocycles. The first-order chi connectivity index (χ1) is 16.8. The number of fused-ring (bicyclic) bond motifs is 1. The number of amides is 1. The Morgan fingerprint density at radius 2 is 1.80 bits per heavy atom. The molecule has 1 aliphatic rings. The number of rotatable bonds is 4. The van der Waals surface area contributed by atoms with Crippen LogP contribution in [0.3, 0.4) is 0 Å². The van der Waals surface area contributed by atoms with E-state index < -0.39 is 23.1 Å². The van der Waals surface area contributed by atoms with E-state index in [0.29, 0.717) is 22.3 Å². The summed E-state index contributed by atoms with van der Waals surface area (Å²) in [4.78, 5) is 31.7. The Kier molecular flexibility index (Phi) is 5.90. The van der Waals surface area contributed by atoms with Crippen molar-refractivity contribution in [2.75, 3.05) is 13.1 Å². The van der Waals surface area contributed by atoms with Crippen molar-refractivity contribution < 1.29 is 18.7 Å². The second-order valence-electron chi connectivity index (χ2n) is 8.69. The number of carbonyl (C=O) groups is 1. The van der Waals surface area contributed by atoms with Gasteiger partial charge in [-0.05, 0) is 43.2 Å². The fraction of sp³-hybridized carbons (Fsp3) is 0.240. The van der Waals surface area contributed by atoms with Crippen molar-refractivity contribution in [3.05, 3.63) is 93.6 Å². The molecular weight excluding hydrogens is 478 g/mol. The average Bonchev–Trinajstić information content (AvgIpc) is 3.18. The van der Waals surface area contributed by atoms with E-state index in [1.54, 1.807) is 10.6 Å². The highest BCUT2D eigenvalue weighted by Crippen LogP contribution is 2.27. The minimum absolute atomic E-state index is 0.0180. The molecule has 0 saturated carbocycles. The summed E-state index contributed by atoms with van der Waals surface area (Å²) < 4.78 is 30.2. The van der Waals surface area contributed by atoms with Gasteiger partial charge in [0, 0.05) is 24.8 Å². The third kappa shape index (κ3) is 4.33. The van der Waals surface area contributed by atoms with Crippen LogP contribution in [0.1, 0.15) is 23.2 Å². The summed E-state index contributed by atoms with van der Waals surface area (Å²) in [6, 6.07) is 13.7. The Morgan fingerprint density at radius 1 is 1.09 bits per heavy atom. The smallest absolute Gasteiger partial charge is 0.262 e. The van der Waals surface area contributed by atoms with Gasteiger partial charge in [0.1, 0.15) is 23.1 Å². The molecule has 7 nitrogen and oxygen atoms in total. The van der Waals surface area contributed by atoms with Crippen LogP contribution in [0.5, 0.6) is 0 Å². The molecule has 0 bridgehead atoms. The number of halogens is 3. The van der Waals surface area contributed by atoms with Gasteiger partial charge in [0.15, 0.2) is 5.65 Å². The van der Waals surface area contributed by atoms with Crippen LogP contribution in [0.4, 0.5) is 8.78 Å². The lowest BCUT2D eigenvalue weighted by Gasteiger charge is -2.38. The molecule has 2 aromatic heterocycles. The normalized spacial score (nSPS) is 15.5. The zero-order valence-corrected chi connectivity index (χ0v) is 19.3. The Labute approximate surface area is 203 Å². The summed E-state index contributed by atoms with van der Waals surface area (Å²) in [5.74, 6) is -2.26. The number of aliphatic hydroxyl groups is 1. The number of hydrogen-bond donors (Lipinski definition) is 1. The summed E-state index contributed by atoms with van der Waals surface area (Å²) in [5, 5.41) is 11.8. The van der Waals surface area contributed by atoms with Gasteiger partial charge in [-0.15, -0.1) is 0 Å². The molecule has 1 N–H and O–H groups in total. The van der Waals surface area contributed by atoms with E-state index in [1.807, 2.05) is 30.3 Å². The summed E-state index contributed by atoms with van der Waals surface area (Å²) in [7, 11) is 0. The van der Waals surface area contributed by atoms with E-state index in [4.69, 9.17) is 11.6 Å². The fourth-order valence-corrected chi connectivity index (χ4v) is 4.74.